The maximum absolute atomic E-state index is 13.2. The molecule has 0 saturated heterocycles. The number of hydrogen-bond acceptors (Lipinski definition) is 15. The largest absolute Gasteiger partial charge is 0.472 e. The van der Waals surface area contributed by atoms with E-state index in [-0.39, 0.29) is 25.7 Å². The number of rotatable bonds is 88. The number of aliphatic hydroxyl groups is 1. The second-order valence-corrected chi connectivity index (χ2v) is 35.8. The van der Waals surface area contributed by atoms with Crippen LogP contribution in [0.4, 0.5) is 0 Å². The van der Waals surface area contributed by atoms with Crippen LogP contribution in [-0.4, -0.2) is 96.7 Å². The lowest BCUT2D eigenvalue weighted by atomic mass is 10.0. The Bertz CT molecular complexity index is 2060. The number of phosphoric acid groups is 2. The first kappa shape index (κ1) is 106. The Morgan fingerprint density at radius 2 is 0.426 bits per heavy atom. The average molecular weight is 1580 g/mol. The van der Waals surface area contributed by atoms with Crippen LogP contribution in [0.3, 0.4) is 0 Å². The van der Waals surface area contributed by atoms with Gasteiger partial charge in [0.25, 0.3) is 0 Å². The lowest BCUT2D eigenvalue weighted by molar-refractivity contribution is -0.161. The van der Waals surface area contributed by atoms with Crippen molar-refractivity contribution < 1.29 is 80.2 Å². The summed E-state index contributed by atoms with van der Waals surface area (Å²) < 4.78 is 69.0. The Hall–Kier alpha value is -1.94. The van der Waals surface area contributed by atoms with Gasteiger partial charge in [0.1, 0.15) is 19.3 Å². The normalized spacial score (nSPS) is 13.8. The molecular weight excluding hydrogens is 1400 g/mol. The standard InChI is InChI=1S/C89H174O17P2/c1-7-9-11-13-15-17-19-21-22-23-31-37-43-49-55-61-67-73-88(93)105-84(77-99-86(91)71-65-59-53-47-41-33-20-18-16-14-12-10-8-2)79-103-107(95,96)101-75-83(90)76-102-108(97,98)104-80-85(106-89(94)74-68-62-56-50-44-38-32-27-25-29-35-40-46-52-58-64-70-82(5)6)78-100-87(92)72-66-60-54-48-42-36-30-26-24-28-34-39-45-51-57-63-69-81(3)4/h81-85,90H,7-80H2,1-6H3,(H,95,96)(H,97,98)/t83-,84+,85+/m0/s1. The molecule has 0 aromatic rings. The van der Waals surface area contributed by atoms with E-state index in [1.165, 1.54) is 295 Å². The van der Waals surface area contributed by atoms with E-state index in [2.05, 4.69) is 41.5 Å². The Morgan fingerprint density at radius 3 is 0.630 bits per heavy atom. The van der Waals surface area contributed by atoms with Gasteiger partial charge in [0.05, 0.1) is 26.4 Å². The van der Waals surface area contributed by atoms with Gasteiger partial charge in [-0.05, 0) is 37.5 Å². The number of aliphatic hydroxyl groups excluding tert-OH is 1. The van der Waals surface area contributed by atoms with Crippen LogP contribution in [0.5, 0.6) is 0 Å². The first-order valence-corrected chi connectivity index (χ1v) is 49.0. The topological polar surface area (TPSA) is 237 Å². The van der Waals surface area contributed by atoms with Crippen molar-refractivity contribution >= 4 is 39.5 Å². The average Bonchev–Trinajstić information content (AvgIpc) is 2.00. The molecule has 0 aliphatic rings. The highest BCUT2D eigenvalue weighted by molar-refractivity contribution is 7.47. The van der Waals surface area contributed by atoms with Crippen molar-refractivity contribution in [1.29, 1.82) is 0 Å². The molecule has 108 heavy (non-hydrogen) atoms. The van der Waals surface area contributed by atoms with Crippen molar-refractivity contribution in [2.24, 2.45) is 11.8 Å². The minimum Gasteiger partial charge on any atom is -0.462 e. The number of carbonyl (C=O) groups excluding carboxylic acids is 4. The number of hydrogen-bond donors (Lipinski definition) is 3. The summed E-state index contributed by atoms with van der Waals surface area (Å²) >= 11 is 0. The third kappa shape index (κ3) is 82.1. The van der Waals surface area contributed by atoms with Crippen LogP contribution < -0.4 is 0 Å². The van der Waals surface area contributed by atoms with Gasteiger partial charge in [0.15, 0.2) is 12.2 Å². The molecular formula is C89H174O17P2. The minimum atomic E-state index is -4.97. The van der Waals surface area contributed by atoms with Gasteiger partial charge in [-0.3, -0.25) is 37.3 Å². The van der Waals surface area contributed by atoms with Gasteiger partial charge in [0.2, 0.25) is 0 Å². The maximum atomic E-state index is 13.2. The summed E-state index contributed by atoms with van der Waals surface area (Å²) in [5.74, 6) is -0.473. The highest BCUT2D eigenvalue weighted by Gasteiger charge is 2.31. The van der Waals surface area contributed by atoms with Crippen molar-refractivity contribution in [2.45, 2.75) is 496 Å². The molecule has 19 heteroatoms. The van der Waals surface area contributed by atoms with Crippen LogP contribution in [0.2, 0.25) is 0 Å². The molecule has 0 radical (unpaired) electrons. The summed E-state index contributed by atoms with van der Waals surface area (Å²) in [4.78, 5) is 73.4. The van der Waals surface area contributed by atoms with E-state index in [1.54, 1.807) is 0 Å². The van der Waals surface area contributed by atoms with Gasteiger partial charge in [-0.2, -0.15) is 0 Å². The Morgan fingerprint density at radius 1 is 0.250 bits per heavy atom. The number of phosphoric ester groups is 2. The SMILES string of the molecule is CCCCCCCCCCCCCCCCCCCC(=O)O[C@H](COC(=O)CCCCCCCCCCCCCCC)COP(=O)(O)OC[C@H](O)COP(=O)(O)OC[C@@H](COC(=O)CCCCCCCCCCCCCCCCCCC(C)C)OC(=O)CCCCCCCCCCCCCCCCCCC(C)C. The molecule has 3 N–H and O–H groups in total. The van der Waals surface area contributed by atoms with E-state index in [1.807, 2.05) is 0 Å². The molecule has 5 atom stereocenters. The molecule has 642 valence electrons. The number of carbonyl (C=O) groups is 4. The van der Waals surface area contributed by atoms with Crippen LogP contribution in [0.15, 0.2) is 0 Å². The minimum absolute atomic E-state index is 0.109. The zero-order chi connectivity index (χ0) is 79.2. The van der Waals surface area contributed by atoms with Crippen LogP contribution in [-0.2, 0) is 65.4 Å². The van der Waals surface area contributed by atoms with Gasteiger partial charge in [-0.15, -0.1) is 0 Å². The van der Waals surface area contributed by atoms with Gasteiger partial charge in [-0.25, -0.2) is 9.13 Å². The number of unbranched alkanes of at least 4 members (excludes halogenated alkanes) is 58. The number of esters is 4. The number of ether oxygens (including phenoxy) is 4. The molecule has 0 fully saturated rings. The van der Waals surface area contributed by atoms with Crippen molar-refractivity contribution in [1.82, 2.24) is 0 Å². The van der Waals surface area contributed by atoms with Crippen LogP contribution >= 0.6 is 15.6 Å². The monoisotopic (exact) mass is 1580 g/mol. The molecule has 0 spiro atoms. The predicted octanol–water partition coefficient (Wildman–Crippen LogP) is 27.4. The van der Waals surface area contributed by atoms with Crippen molar-refractivity contribution in [3.8, 4) is 0 Å². The molecule has 0 heterocycles. The third-order valence-corrected chi connectivity index (χ3v) is 22.9. The predicted molar refractivity (Wildman–Crippen MR) is 446 cm³/mol. The molecule has 0 aliphatic carbocycles. The van der Waals surface area contributed by atoms with Crippen molar-refractivity contribution in [3.63, 3.8) is 0 Å². The van der Waals surface area contributed by atoms with Crippen molar-refractivity contribution in [3.05, 3.63) is 0 Å². The molecule has 0 aliphatic heterocycles. The van der Waals surface area contributed by atoms with E-state index < -0.39 is 97.5 Å². The fourth-order valence-corrected chi connectivity index (χ4v) is 15.5. The molecule has 0 amide bonds. The van der Waals surface area contributed by atoms with Crippen LogP contribution in [0, 0.1) is 11.8 Å². The summed E-state index contributed by atoms with van der Waals surface area (Å²) in [5, 5.41) is 10.7. The lowest BCUT2D eigenvalue weighted by Gasteiger charge is -2.21. The molecule has 0 aromatic heterocycles. The van der Waals surface area contributed by atoms with E-state index in [9.17, 15) is 43.2 Å². The van der Waals surface area contributed by atoms with E-state index in [0.29, 0.717) is 25.7 Å². The summed E-state index contributed by atoms with van der Waals surface area (Å²) in [5.41, 5.74) is 0. The molecule has 0 aromatic carbocycles. The zero-order valence-electron chi connectivity index (χ0n) is 71.2. The second kappa shape index (κ2) is 80.3. The maximum Gasteiger partial charge on any atom is 0.472 e. The Labute approximate surface area is 664 Å². The quantitative estimate of drug-likeness (QED) is 0.0222. The fraction of sp³-hybridized carbons (Fsp3) is 0.955. The Kier molecular flexibility index (Phi) is 78.8. The molecule has 17 nitrogen and oxygen atoms in total. The van der Waals surface area contributed by atoms with Gasteiger partial charge in [0, 0.05) is 25.7 Å². The lowest BCUT2D eigenvalue weighted by Crippen LogP contribution is -2.30. The molecule has 0 saturated carbocycles. The molecule has 0 rings (SSSR count). The summed E-state index contributed by atoms with van der Waals surface area (Å²) in [6.45, 7) is 9.76. The summed E-state index contributed by atoms with van der Waals surface area (Å²) in [6, 6.07) is 0. The first-order chi connectivity index (χ1) is 52.4. The smallest absolute Gasteiger partial charge is 0.462 e. The first-order valence-electron chi connectivity index (χ1n) is 46.0. The van der Waals surface area contributed by atoms with Gasteiger partial charge in [-0.1, -0.05) is 427 Å². The van der Waals surface area contributed by atoms with E-state index >= 15 is 0 Å². The van der Waals surface area contributed by atoms with Gasteiger partial charge >= 0.3 is 39.5 Å². The summed E-state index contributed by atoms with van der Waals surface area (Å²) in [7, 11) is -9.93. The van der Waals surface area contributed by atoms with E-state index in [4.69, 9.17) is 37.0 Å². The van der Waals surface area contributed by atoms with Crippen molar-refractivity contribution in [2.75, 3.05) is 39.6 Å². The van der Waals surface area contributed by atoms with Gasteiger partial charge < -0.3 is 33.8 Å². The summed E-state index contributed by atoms with van der Waals surface area (Å²) in [6.07, 6.45) is 73.5. The van der Waals surface area contributed by atoms with Crippen LogP contribution in [0.1, 0.15) is 478 Å². The fourth-order valence-electron chi connectivity index (χ4n) is 14.0. The Balaban J connectivity index is 5.26. The zero-order valence-corrected chi connectivity index (χ0v) is 73.0. The highest BCUT2D eigenvalue weighted by Crippen LogP contribution is 2.45. The second-order valence-electron chi connectivity index (χ2n) is 32.9. The molecule has 2 unspecified atom stereocenters. The highest BCUT2D eigenvalue weighted by atomic mass is 31.2. The van der Waals surface area contributed by atoms with E-state index in [0.717, 1.165) is 102 Å². The molecule has 0 bridgehead atoms. The third-order valence-electron chi connectivity index (χ3n) is 21.0. The van der Waals surface area contributed by atoms with Crippen LogP contribution in [0.25, 0.3) is 0 Å².